The Bertz CT molecular complexity index is 3540. The summed E-state index contributed by atoms with van der Waals surface area (Å²) in [4.78, 5) is 36.9. The molecule has 512 valence electrons. The molecule has 4 N–H and O–H groups in total. The number of hydrogen-bond acceptors (Lipinski definition) is 14. The maximum atomic E-state index is 13.5. The lowest BCUT2D eigenvalue weighted by Gasteiger charge is -2.50. The van der Waals surface area contributed by atoms with Gasteiger partial charge in [-0.2, -0.15) is 0 Å². The van der Waals surface area contributed by atoms with Gasteiger partial charge in [-0.15, -0.1) is 0 Å². The molecule has 0 unspecified atom stereocenters. The molecule has 4 aromatic rings. The fraction of sp³-hybridized carbons (Fsp3) is 0.611. The molecule has 0 radical (unpaired) electrons. The van der Waals surface area contributed by atoms with E-state index in [2.05, 4.69) is 43.5 Å². The quantitative estimate of drug-likeness (QED) is 0.141. The average molecular weight is 1400 g/mol. The van der Waals surface area contributed by atoms with Crippen LogP contribution in [-0.4, -0.2) is 148 Å². The number of benzene rings is 4. The molecular formula is C72H96Cl2N6O10S4. The molecule has 12 rings (SSSR count). The molecular weight excluding hydrogens is 1310 g/mol. The maximum Gasteiger partial charge on any atom is 0.264 e. The zero-order valence-corrected chi connectivity index (χ0v) is 60.6. The van der Waals surface area contributed by atoms with Crippen LogP contribution in [0.5, 0.6) is 11.5 Å². The Morgan fingerprint density at radius 1 is 0.564 bits per heavy atom. The van der Waals surface area contributed by atoms with Gasteiger partial charge in [0.15, 0.2) is 0 Å². The smallest absolute Gasteiger partial charge is 0.264 e. The second-order valence-corrected chi connectivity index (χ2v) is 35.6. The summed E-state index contributed by atoms with van der Waals surface area (Å²) < 4.78 is 71.6. The van der Waals surface area contributed by atoms with Gasteiger partial charge in [-0.05, 0) is 222 Å². The number of rotatable bonds is 4. The first-order valence-corrected chi connectivity index (χ1v) is 38.7. The van der Waals surface area contributed by atoms with E-state index in [-0.39, 0.29) is 57.5 Å². The summed E-state index contributed by atoms with van der Waals surface area (Å²) in [5.41, 5.74) is 4.50. The Morgan fingerprint density at radius 2 is 0.957 bits per heavy atom. The number of aliphatic hydroxyl groups is 2. The minimum atomic E-state index is -3.95. The Balaban J connectivity index is 0.000000192. The highest BCUT2D eigenvalue weighted by atomic mass is 35.5. The molecule has 94 heavy (non-hydrogen) atoms. The molecule has 8 aliphatic rings. The molecule has 16 nitrogen and oxygen atoms in total. The Labute approximate surface area is 578 Å². The largest absolute Gasteiger partial charge is 0.490 e. The van der Waals surface area contributed by atoms with Gasteiger partial charge in [-0.1, -0.05) is 86.5 Å². The summed E-state index contributed by atoms with van der Waals surface area (Å²) in [5, 5.41) is 24.8. The summed E-state index contributed by atoms with van der Waals surface area (Å²) in [5.74, 6) is 0.149. The van der Waals surface area contributed by atoms with E-state index in [4.69, 9.17) is 57.1 Å². The highest BCUT2D eigenvalue weighted by Crippen LogP contribution is 2.53. The van der Waals surface area contributed by atoms with E-state index in [1.807, 2.05) is 64.0 Å². The fourth-order valence-electron chi connectivity index (χ4n) is 16.8. The van der Waals surface area contributed by atoms with E-state index in [1.54, 1.807) is 50.2 Å². The number of fused-ring (bicyclic) bond motifs is 8. The minimum Gasteiger partial charge on any atom is -0.490 e. The first-order valence-electron chi connectivity index (χ1n) is 34.0. The predicted octanol–water partition coefficient (Wildman–Crippen LogP) is 12.2. The molecule has 0 saturated heterocycles. The van der Waals surface area contributed by atoms with Crippen LogP contribution in [0.1, 0.15) is 173 Å². The summed E-state index contributed by atoms with van der Waals surface area (Å²) in [6.45, 7) is 10.8. The normalized spacial score (nSPS) is 32.1. The van der Waals surface area contributed by atoms with Crippen LogP contribution < -0.4 is 28.7 Å². The molecule has 2 saturated carbocycles. The van der Waals surface area contributed by atoms with Gasteiger partial charge in [-0.25, -0.2) is 26.3 Å². The van der Waals surface area contributed by atoms with Crippen molar-refractivity contribution in [3.05, 3.63) is 116 Å². The summed E-state index contributed by atoms with van der Waals surface area (Å²) in [6.07, 6.45) is 14.0. The monoisotopic (exact) mass is 1400 g/mol. The zero-order chi connectivity index (χ0) is 67.5. The third kappa shape index (κ3) is 14.5. The number of carbonyl (C=O) groups excluding carboxylic acids is 2. The summed E-state index contributed by atoms with van der Waals surface area (Å²) in [6, 6.07) is 22.8. The summed E-state index contributed by atoms with van der Waals surface area (Å²) >= 11 is 24.4. The summed E-state index contributed by atoms with van der Waals surface area (Å²) in [7, 11) is -0.221. The molecule has 4 aromatic carbocycles. The number of nitrogens with one attached hydrogen (secondary N) is 2. The van der Waals surface area contributed by atoms with Crippen LogP contribution in [0.2, 0.25) is 10.0 Å². The maximum absolute atomic E-state index is 13.5. The number of nitrogens with zero attached hydrogens (tertiary/aromatic N) is 4. The van der Waals surface area contributed by atoms with Crippen LogP contribution in [0.4, 0.5) is 11.4 Å². The highest BCUT2D eigenvalue weighted by Gasteiger charge is 2.52. The SMILES string of the molecule is C[C@@H]1[C@@H](C)CCC[C@@](O)(CC(=S)N(C)C)[C@@H]2CC[C@H]2CN2C[C@@]3(CCCc4cc(Cl)ccc43)COc3ccc(cc32)C(=O)NS1(=O)=O.C[C@@H]1[C@@H](C)CCC[C@](O)(CC(=S)N(C)C)[C@@H]2CC[C@H]2CN2C[C@@]3(CCCc4cc(Cl)ccc43)COc3ccc(cc32)C(=O)NS1(=O)=O. The van der Waals surface area contributed by atoms with Crippen molar-refractivity contribution in [3.8, 4) is 11.5 Å². The van der Waals surface area contributed by atoms with Crippen LogP contribution in [-0.2, 0) is 43.7 Å². The number of sulfonamides is 2. The lowest BCUT2D eigenvalue weighted by Crippen LogP contribution is -2.54. The number of halogens is 2. The zero-order valence-electron chi connectivity index (χ0n) is 55.9. The molecule has 0 aromatic heterocycles. The molecule has 4 heterocycles. The van der Waals surface area contributed by atoms with E-state index < -0.39 is 53.6 Å². The molecule has 2 fully saturated rings. The van der Waals surface area contributed by atoms with Crippen molar-refractivity contribution in [1.82, 2.24) is 19.2 Å². The second kappa shape index (κ2) is 27.8. The molecule has 4 aliphatic carbocycles. The van der Waals surface area contributed by atoms with Gasteiger partial charge in [-0.3, -0.25) is 9.59 Å². The number of amides is 2. The number of aryl methyl sites for hydroxylation is 2. The third-order valence-electron chi connectivity index (χ3n) is 23.2. The molecule has 12 atom stereocenters. The first-order chi connectivity index (χ1) is 44.4. The van der Waals surface area contributed by atoms with Crippen molar-refractivity contribution in [1.29, 1.82) is 0 Å². The van der Waals surface area contributed by atoms with Gasteiger partial charge in [0.05, 0.1) is 56.3 Å². The van der Waals surface area contributed by atoms with Gasteiger partial charge in [0.1, 0.15) is 11.5 Å². The van der Waals surface area contributed by atoms with Gasteiger partial charge in [0.2, 0.25) is 20.0 Å². The van der Waals surface area contributed by atoms with E-state index in [9.17, 15) is 36.6 Å². The van der Waals surface area contributed by atoms with Crippen LogP contribution in [0.25, 0.3) is 0 Å². The lowest BCUT2D eigenvalue weighted by molar-refractivity contribution is -0.0843. The first kappa shape index (κ1) is 70.5. The van der Waals surface area contributed by atoms with E-state index in [0.717, 1.165) is 85.6 Å². The van der Waals surface area contributed by atoms with Crippen molar-refractivity contribution in [2.24, 2.45) is 35.5 Å². The van der Waals surface area contributed by atoms with Gasteiger partial charge in [0, 0.05) is 99.2 Å². The Morgan fingerprint density at radius 3 is 1.32 bits per heavy atom. The third-order valence-corrected chi connectivity index (χ3v) is 28.5. The molecule has 2 spiro atoms. The van der Waals surface area contributed by atoms with Crippen molar-refractivity contribution in [2.75, 3.05) is 77.4 Å². The van der Waals surface area contributed by atoms with E-state index >= 15 is 0 Å². The number of carbonyl (C=O) groups is 2. The molecule has 4 bridgehead atoms. The van der Waals surface area contributed by atoms with Crippen molar-refractivity contribution < 1.29 is 46.1 Å². The molecule has 4 aliphatic heterocycles. The van der Waals surface area contributed by atoms with E-state index in [1.165, 1.54) is 22.3 Å². The number of ether oxygens (including phenoxy) is 2. The number of hydrogen-bond donors (Lipinski definition) is 4. The van der Waals surface area contributed by atoms with Gasteiger partial charge < -0.3 is 39.3 Å². The van der Waals surface area contributed by atoms with Gasteiger partial charge in [0.25, 0.3) is 11.8 Å². The Kier molecular flexibility index (Phi) is 20.9. The predicted molar refractivity (Wildman–Crippen MR) is 382 cm³/mol. The van der Waals surface area contributed by atoms with Gasteiger partial charge >= 0.3 is 0 Å². The molecule has 2 amide bonds. The van der Waals surface area contributed by atoms with E-state index in [0.29, 0.717) is 112 Å². The second-order valence-electron chi connectivity index (χ2n) is 29.7. The molecule has 22 heteroatoms. The number of anilines is 2. The van der Waals surface area contributed by atoms with Crippen molar-refractivity contribution in [2.45, 2.75) is 176 Å². The van der Waals surface area contributed by atoms with Crippen LogP contribution >= 0.6 is 47.6 Å². The lowest BCUT2D eigenvalue weighted by atomic mass is 9.62. The van der Waals surface area contributed by atoms with Crippen LogP contribution in [0.15, 0.2) is 72.8 Å². The van der Waals surface area contributed by atoms with Crippen LogP contribution in [0.3, 0.4) is 0 Å². The van der Waals surface area contributed by atoms with Crippen LogP contribution in [0, 0.1) is 35.5 Å². The minimum absolute atomic E-state index is 0.0391. The Hall–Kier alpha value is -4.80. The number of thiocarbonyl (C=S) groups is 2. The topological polar surface area (TPSA) is 198 Å². The highest BCUT2D eigenvalue weighted by molar-refractivity contribution is 7.91. The van der Waals surface area contributed by atoms with Crippen molar-refractivity contribution >= 4 is 101 Å². The fourth-order valence-corrected chi connectivity index (χ4v) is 20.3. The average Bonchev–Trinajstić information content (AvgIpc) is 1.41. The standard InChI is InChI=1S/2C36H48ClN3O5S2/c2*1-23-7-5-16-36(42,19-33(46)39(3)4)30-12-9-27(30)20-40-21-35(15-6-8-25-17-28(37)11-13-29(25)35)22-45-32-14-10-26(18-31(32)40)34(41)38-47(43,44)24(23)2/h2*10-11,13-14,17-18,23-24,27,30,42H,5-9,12,15-16,19-22H2,1-4H3,(H,38,41)/t23-,24+,27-,30+,35-,36+;23-,24+,27-,30+,35-,36-/m00/s1. The van der Waals surface area contributed by atoms with Crippen molar-refractivity contribution in [3.63, 3.8) is 0 Å².